The number of rotatable bonds is 72. The van der Waals surface area contributed by atoms with Gasteiger partial charge in [-0.1, -0.05) is 405 Å². The molecule has 0 saturated carbocycles. The van der Waals surface area contributed by atoms with Crippen LogP contribution in [0.5, 0.6) is 0 Å². The van der Waals surface area contributed by atoms with Crippen LogP contribution in [0.3, 0.4) is 0 Å². The van der Waals surface area contributed by atoms with Gasteiger partial charge in [0.1, 0.15) is 0 Å². The second-order valence-electron chi connectivity index (χ2n) is 49.1. The van der Waals surface area contributed by atoms with E-state index in [1.807, 2.05) is 43.5 Å². The van der Waals surface area contributed by atoms with Gasteiger partial charge in [-0.15, -0.1) is 40.8 Å². The largest absolute Gasteiger partial charge is 0.252 e. The molecule has 0 unspecified atom stereocenters. The molecule has 0 aliphatic heterocycles. The summed E-state index contributed by atoms with van der Waals surface area (Å²) in [6.07, 6.45) is 76.3. The summed E-state index contributed by atoms with van der Waals surface area (Å²) in [6, 6.07) is 0. The van der Waals surface area contributed by atoms with Gasteiger partial charge in [-0.3, -0.25) is 18.7 Å². The van der Waals surface area contributed by atoms with E-state index in [2.05, 4.69) is 348 Å². The summed E-state index contributed by atoms with van der Waals surface area (Å²) in [5.74, 6) is 12.6. The SMILES string of the molecule is CC(C)CCCCCc1cn(CC(C)C)nn1.CC(C)CCCCCc1cnnn1CCCC(C)C.CC(C)CCCCCc1cnnn1CCCC(C)C.CC(C)CCCCc1cn(CCC(C)C)nn1.CC(C)CCCCc1cnnn1CCCCC(C)C.CC(C)CCCCc1cnnn1CCCCC(C)C.CC(C)CCCCn1cc(CCC(C)C)nn1.CC(C)CCCc1cn(CCCC(C)C)nn1. The molecule has 0 bridgehead atoms. The lowest BCUT2D eigenvalue weighted by Gasteiger charge is -2.08. The molecular weight excluding hydrogens is 1780 g/mol. The van der Waals surface area contributed by atoms with Crippen LogP contribution in [0.1, 0.15) is 524 Å². The highest BCUT2D eigenvalue weighted by Crippen LogP contribution is 2.22. The van der Waals surface area contributed by atoms with Crippen molar-refractivity contribution >= 4 is 0 Å². The maximum Gasteiger partial charge on any atom is 0.0827 e. The van der Waals surface area contributed by atoms with Crippen LogP contribution in [-0.2, 0) is 104 Å². The fraction of sp³-hybridized carbons (Fsp3) is 0.867. The Balaban J connectivity index is 0.000000823. The third kappa shape index (κ3) is 81.1. The van der Waals surface area contributed by atoms with E-state index in [-0.39, 0.29) is 0 Å². The molecule has 24 heteroatoms. The van der Waals surface area contributed by atoms with Gasteiger partial charge in [0.25, 0.3) is 0 Å². The van der Waals surface area contributed by atoms with Gasteiger partial charge >= 0.3 is 0 Å². The maximum atomic E-state index is 4.22. The number of nitrogens with zero attached hydrogens (tertiary/aromatic N) is 24. The van der Waals surface area contributed by atoms with Crippen LogP contribution in [0.25, 0.3) is 0 Å². The van der Waals surface area contributed by atoms with Gasteiger partial charge in [0, 0.05) is 77.1 Å². The Kier molecular flexibility index (Phi) is 81.5. The van der Waals surface area contributed by atoms with Crippen molar-refractivity contribution in [1.29, 1.82) is 0 Å². The lowest BCUT2D eigenvalue weighted by atomic mass is 10.0. The van der Waals surface area contributed by atoms with E-state index >= 15 is 0 Å². The summed E-state index contributed by atoms with van der Waals surface area (Å²) < 4.78 is 16.4. The Bertz CT molecular complexity index is 3780. The minimum Gasteiger partial charge on any atom is -0.252 e. The fourth-order valence-electron chi connectivity index (χ4n) is 16.9. The molecule has 8 aromatic heterocycles. The first kappa shape index (κ1) is 135. The molecule has 0 spiro atoms. The van der Waals surface area contributed by atoms with Gasteiger partial charge in [0.15, 0.2) is 0 Å². The highest BCUT2D eigenvalue weighted by molar-refractivity contribution is 4.99. The van der Waals surface area contributed by atoms with Crippen molar-refractivity contribution in [1.82, 2.24) is 120 Å². The standard InChI is InChI=1S/4C16H31N3.4C14H27N3/c2*1-14(2)9-5-6-11-16-13-17-18-19(16)12-8-7-10-15(3)4;2*1-14(2)9-6-5-7-11-16-13-17-18-19(16)12-8-10-15(3)4;1-12(2)7-5-9-14-11-17(16-15-14)10-6-8-13(3)4;1-12(2)7-5-6-10-17-11-14(15-16-17)9-8-13(3)4;1-12(2)7-5-6-8-14-11-17(16-15-14)10-9-13(3)4;1-12(2)8-6-5-7-9-14-11-17(16-15-14)10-13(3)4/h4*13-15H,5-12H2,1-4H3;4*11-13H,5-10H2,1-4H3. The van der Waals surface area contributed by atoms with Crippen LogP contribution in [0.15, 0.2) is 49.6 Å². The van der Waals surface area contributed by atoms with E-state index in [1.54, 1.807) is 0 Å². The van der Waals surface area contributed by atoms with Crippen molar-refractivity contribution in [2.24, 2.45) is 94.7 Å². The number of hydrogen-bond donors (Lipinski definition) is 0. The molecule has 8 heterocycles. The molecule has 144 heavy (non-hydrogen) atoms. The number of hydrogen-bond acceptors (Lipinski definition) is 16. The molecule has 0 atom stereocenters. The van der Waals surface area contributed by atoms with E-state index in [0.29, 0.717) is 5.92 Å². The molecule has 8 aromatic rings. The lowest BCUT2D eigenvalue weighted by Crippen LogP contribution is -2.06. The molecule has 832 valence electrons. The first-order valence-electron chi connectivity index (χ1n) is 59.7. The van der Waals surface area contributed by atoms with Crippen LogP contribution in [-0.4, -0.2) is 120 Å². The molecule has 0 aliphatic rings. The predicted octanol–water partition coefficient (Wildman–Crippen LogP) is 32.7. The average Bonchev–Trinajstić information content (AvgIpc) is 1.78. The van der Waals surface area contributed by atoms with Gasteiger partial charge in [-0.25, -0.2) is 18.7 Å². The second-order valence-corrected chi connectivity index (χ2v) is 49.1. The Morgan fingerprint density at radius 3 is 0.660 bits per heavy atom. The van der Waals surface area contributed by atoms with Crippen LogP contribution in [0.4, 0.5) is 0 Å². The zero-order chi connectivity index (χ0) is 107. The summed E-state index contributed by atoms with van der Waals surface area (Å²) >= 11 is 0. The normalized spacial score (nSPS) is 11.7. The predicted molar refractivity (Wildman–Crippen MR) is 612 cm³/mol. The van der Waals surface area contributed by atoms with Crippen molar-refractivity contribution in [2.45, 2.75) is 582 Å². The highest BCUT2D eigenvalue weighted by atomic mass is 15.5. The number of unbranched alkanes of at least 4 members (excludes halogenated alkanes) is 12. The van der Waals surface area contributed by atoms with Crippen LogP contribution < -0.4 is 0 Å². The Morgan fingerprint density at radius 1 is 0.160 bits per heavy atom. The second kappa shape index (κ2) is 86.9. The molecule has 24 nitrogen and oxygen atoms in total. The number of aromatic nitrogens is 24. The molecule has 0 amide bonds. The molecule has 0 aromatic carbocycles. The Hall–Kier alpha value is -6.88. The lowest BCUT2D eigenvalue weighted by molar-refractivity contribution is 0.468. The summed E-state index contributed by atoms with van der Waals surface area (Å²) in [6.45, 7) is 80.9. The van der Waals surface area contributed by atoms with E-state index in [9.17, 15) is 0 Å². The highest BCUT2D eigenvalue weighted by Gasteiger charge is 2.14. The zero-order valence-electron chi connectivity index (χ0n) is 100. The maximum absolute atomic E-state index is 4.22. The third-order valence-electron chi connectivity index (χ3n) is 26.0. The van der Waals surface area contributed by atoms with E-state index < -0.39 is 0 Å². The quantitative estimate of drug-likeness (QED) is 0.0322. The average molecular weight is 2010 g/mol. The first-order valence-corrected chi connectivity index (χ1v) is 59.7. The molecule has 8 rings (SSSR count). The molecule has 0 N–H and O–H groups in total. The van der Waals surface area contributed by atoms with Crippen molar-refractivity contribution in [3.05, 3.63) is 95.1 Å². The van der Waals surface area contributed by atoms with E-state index in [4.69, 9.17) is 0 Å². The van der Waals surface area contributed by atoms with Crippen LogP contribution in [0, 0.1) is 94.7 Å². The summed E-state index contributed by atoms with van der Waals surface area (Å²) in [5, 5.41) is 66.6. The molecule has 0 fully saturated rings. The molecule has 0 aliphatic carbocycles. The molecular formula is C120H232N24. The Labute approximate surface area is 886 Å². The minimum atomic E-state index is 0.635. The minimum absolute atomic E-state index is 0.635. The van der Waals surface area contributed by atoms with Crippen LogP contribution in [0.2, 0.25) is 0 Å². The number of aryl methyl sites for hydroxylation is 15. The van der Waals surface area contributed by atoms with Crippen LogP contribution >= 0.6 is 0 Å². The van der Waals surface area contributed by atoms with E-state index in [1.165, 1.54) is 280 Å². The summed E-state index contributed by atoms with van der Waals surface area (Å²) in [5.41, 5.74) is 9.84. The topological polar surface area (TPSA) is 246 Å². The zero-order valence-corrected chi connectivity index (χ0v) is 100. The van der Waals surface area contributed by atoms with Gasteiger partial charge < -0.3 is 0 Å². The van der Waals surface area contributed by atoms with E-state index in [0.717, 1.165) is 215 Å². The van der Waals surface area contributed by atoms with Gasteiger partial charge in [-0.05, 0) is 262 Å². The fourth-order valence-corrected chi connectivity index (χ4v) is 16.9. The van der Waals surface area contributed by atoms with Crippen molar-refractivity contribution in [3.63, 3.8) is 0 Å². The molecule has 0 radical (unpaired) electrons. The summed E-state index contributed by atoms with van der Waals surface area (Å²) in [4.78, 5) is 0. The molecule has 0 saturated heterocycles. The first-order chi connectivity index (χ1) is 68.7. The third-order valence-corrected chi connectivity index (χ3v) is 26.0. The van der Waals surface area contributed by atoms with Gasteiger partial charge in [0.05, 0.1) is 70.3 Å². The van der Waals surface area contributed by atoms with Crippen molar-refractivity contribution < 1.29 is 0 Å². The van der Waals surface area contributed by atoms with Crippen molar-refractivity contribution in [2.75, 3.05) is 0 Å². The van der Waals surface area contributed by atoms with Gasteiger partial charge in [0.2, 0.25) is 0 Å². The Morgan fingerprint density at radius 2 is 0.361 bits per heavy atom. The van der Waals surface area contributed by atoms with Gasteiger partial charge in [-0.2, -0.15) is 0 Å². The monoisotopic (exact) mass is 2010 g/mol. The summed E-state index contributed by atoms with van der Waals surface area (Å²) in [7, 11) is 0. The van der Waals surface area contributed by atoms with Crippen molar-refractivity contribution in [3.8, 4) is 0 Å². The smallest absolute Gasteiger partial charge is 0.0827 e.